The van der Waals surface area contributed by atoms with Gasteiger partial charge in [0, 0.05) is 30.9 Å². The van der Waals surface area contributed by atoms with E-state index in [0.717, 1.165) is 42.9 Å². The van der Waals surface area contributed by atoms with Crippen LogP contribution in [0.4, 0.5) is 5.69 Å². The minimum atomic E-state index is 0.164. The highest BCUT2D eigenvalue weighted by molar-refractivity contribution is 5.95. The molecule has 1 aliphatic rings. The van der Waals surface area contributed by atoms with Crippen LogP contribution >= 0.6 is 0 Å². The zero-order chi connectivity index (χ0) is 14.0. The SMILES string of the molecule is CCNc1ccc(C(=O)N2CCC(C)(C)C2)cc1C. The number of amides is 1. The number of benzene rings is 1. The highest BCUT2D eigenvalue weighted by atomic mass is 16.2. The van der Waals surface area contributed by atoms with Crippen LogP contribution in [-0.4, -0.2) is 30.4 Å². The summed E-state index contributed by atoms with van der Waals surface area (Å²) in [7, 11) is 0. The molecule has 0 radical (unpaired) electrons. The standard InChI is InChI=1S/C16H24N2O/c1-5-17-14-7-6-13(10-12(14)2)15(19)18-9-8-16(3,4)11-18/h6-7,10,17H,5,8-9,11H2,1-4H3. The lowest BCUT2D eigenvalue weighted by atomic mass is 9.93. The summed E-state index contributed by atoms with van der Waals surface area (Å²) in [5.41, 5.74) is 3.30. The van der Waals surface area contributed by atoms with E-state index in [2.05, 4.69) is 26.1 Å². The number of carbonyl (C=O) groups excluding carboxylic acids is 1. The van der Waals surface area contributed by atoms with Crippen molar-refractivity contribution in [3.8, 4) is 0 Å². The van der Waals surface area contributed by atoms with E-state index in [1.54, 1.807) is 0 Å². The highest BCUT2D eigenvalue weighted by Gasteiger charge is 2.32. The molecule has 3 nitrogen and oxygen atoms in total. The van der Waals surface area contributed by atoms with Gasteiger partial charge in [-0.25, -0.2) is 0 Å². The van der Waals surface area contributed by atoms with Crippen LogP contribution < -0.4 is 5.32 Å². The predicted molar refractivity (Wildman–Crippen MR) is 79.6 cm³/mol. The molecule has 19 heavy (non-hydrogen) atoms. The molecule has 1 amide bonds. The maximum atomic E-state index is 12.5. The third-order valence-electron chi connectivity index (χ3n) is 3.81. The normalized spacial score (nSPS) is 17.6. The smallest absolute Gasteiger partial charge is 0.253 e. The Balaban J connectivity index is 2.14. The van der Waals surface area contributed by atoms with Gasteiger partial charge in [0.25, 0.3) is 5.91 Å². The number of hydrogen-bond acceptors (Lipinski definition) is 2. The number of anilines is 1. The van der Waals surface area contributed by atoms with Crippen molar-refractivity contribution in [1.82, 2.24) is 4.90 Å². The number of aryl methyl sites for hydroxylation is 1. The molecule has 1 heterocycles. The van der Waals surface area contributed by atoms with E-state index in [9.17, 15) is 4.79 Å². The zero-order valence-corrected chi connectivity index (χ0v) is 12.4. The molecule has 1 aliphatic heterocycles. The van der Waals surface area contributed by atoms with E-state index in [-0.39, 0.29) is 11.3 Å². The monoisotopic (exact) mass is 260 g/mol. The van der Waals surface area contributed by atoms with Crippen molar-refractivity contribution in [1.29, 1.82) is 0 Å². The van der Waals surface area contributed by atoms with Gasteiger partial charge in [-0.1, -0.05) is 13.8 Å². The Morgan fingerprint density at radius 2 is 2.16 bits per heavy atom. The van der Waals surface area contributed by atoms with Crippen LogP contribution in [0.5, 0.6) is 0 Å². The molecule has 0 atom stereocenters. The maximum absolute atomic E-state index is 12.5. The molecule has 3 heteroatoms. The molecule has 1 aromatic carbocycles. The van der Waals surface area contributed by atoms with Crippen LogP contribution in [-0.2, 0) is 0 Å². The van der Waals surface area contributed by atoms with Crippen LogP contribution in [0.1, 0.15) is 43.1 Å². The summed E-state index contributed by atoms with van der Waals surface area (Å²) >= 11 is 0. The van der Waals surface area contributed by atoms with Crippen molar-refractivity contribution >= 4 is 11.6 Å². The predicted octanol–water partition coefficient (Wildman–Crippen LogP) is 3.30. The minimum absolute atomic E-state index is 0.164. The number of nitrogens with one attached hydrogen (secondary N) is 1. The highest BCUT2D eigenvalue weighted by Crippen LogP contribution is 2.30. The van der Waals surface area contributed by atoms with Crippen molar-refractivity contribution < 1.29 is 4.79 Å². The second kappa shape index (κ2) is 5.24. The van der Waals surface area contributed by atoms with Gasteiger partial charge in [-0.3, -0.25) is 4.79 Å². The van der Waals surface area contributed by atoms with E-state index < -0.39 is 0 Å². The van der Waals surface area contributed by atoms with E-state index in [1.807, 2.05) is 30.0 Å². The molecular formula is C16H24N2O. The second-order valence-corrected chi connectivity index (χ2v) is 6.20. The van der Waals surface area contributed by atoms with Gasteiger partial charge in [-0.15, -0.1) is 0 Å². The Labute approximate surface area is 116 Å². The topological polar surface area (TPSA) is 32.3 Å². The molecule has 0 unspecified atom stereocenters. The molecule has 0 saturated carbocycles. The average molecular weight is 260 g/mol. The third kappa shape index (κ3) is 3.09. The summed E-state index contributed by atoms with van der Waals surface area (Å²) in [6.07, 6.45) is 1.09. The van der Waals surface area contributed by atoms with Gasteiger partial charge in [0.2, 0.25) is 0 Å². The quantitative estimate of drug-likeness (QED) is 0.904. The fourth-order valence-electron chi connectivity index (χ4n) is 2.65. The lowest BCUT2D eigenvalue weighted by molar-refractivity contribution is 0.0778. The van der Waals surface area contributed by atoms with Gasteiger partial charge in [0.1, 0.15) is 0 Å². The third-order valence-corrected chi connectivity index (χ3v) is 3.81. The Bertz CT molecular complexity index is 480. The van der Waals surface area contributed by atoms with Crippen molar-refractivity contribution in [2.24, 2.45) is 5.41 Å². The largest absolute Gasteiger partial charge is 0.385 e. The van der Waals surface area contributed by atoms with Gasteiger partial charge < -0.3 is 10.2 Å². The van der Waals surface area contributed by atoms with Crippen molar-refractivity contribution in [2.45, 2.75) is 34.1 Å². The second-order valence-electron chi connectivity index (χ2n) is 6.20. The fourth-order valence-corrected chi connectivity index (χ4v) is 2.65. The number of carbonyl (C=O) groups is 1. The van der Waals surface area contributed by atoms with Gasteiger partial charge >= 0.3 is 0 Å². The van der Waals surface area contributed by atoms with Crippen LogP contribution in [0.3, 0.4) is 0 Å². The molecular weight excluding hydrogens is 236 g/mol. The fraction of sp³-hybridized carbons (Fsp3) is 0.562. The molecule has 0 aliphatic carbocycles. The summed E-state index contributed by atoms with van der Waals surface area (Å²) in [5.74, 6) is 0.164. The van der Waals surface area contributed by atoms with Gasteiger partial charge in [-0.05, 0) is 49.4 Å². The van der Waals surface area contributed by atoms with Crippen molar-refractivity contribution in [3.63, 3.8) is 0 Å². The van der Waals surface area contributed by atoms with E-state index >= 15 is 0 Å². The van der Waals surface area contributed by atoms with E-state index in [1.165, 1.54) is 0 Å². The summed E-state index contributed by atoms with van der Waals surface area (Å²) in [4.78, 5) is 14.4. The first kappa shape index (κ1) is 13.9. The molecule has 1 fully saturated rings. The molecule has 0 bridgehead atoms. The number of likely N-dealkylation sites (tertiary alicyclic amines) is 1. The Morgan fingerprint density at radius 3 is 2.68 bits per heavy atom. The summed E-state index contributed by atoms with van der Waals surface area (Å²) < 4.78 is 0. The van der Waals surface area contributed by atoms with E-state index in [4.69, 9.17) is 0 Å². The Hall–Kier alpha value is -1.51. The average Bonchev–Trinajstić information content (AvgIpc) is 2.71. The summed E-state index contributed by atoms with van der Waals surface area (Å²) in [5, 5.41) is 3.30. The molecule has 0 aromatic heterocycles. The molecule has 1 saturated heterocycles. The molecule has 0 spiro atoms. The minimum Gasteiger partial charge on any atom is -0.385 e. The molecule has 104 valence electrons. The first-order valence-corrected chi connectivity index (χ1v) is 7.07. The first-order valence-electron chi connectivity index (χ1n) is 7.07. The molecule has 1 aromatic rings. The maximum Gasteiger partial charge on any atom is 0.253 e. The van der Waals surface area contributed by atoms with Crippen molar-refractivity contribution in [3.05, 3.63) is 29.3 Å². The van der Waals surface area contributed by atoms with Crippen molar-refractivity contribution in [2.75, 3.05) is 25.0 Å². The summed E-state index contributed by atoms with van der Waals surface area (Å²) in [6, 6.07) is 5.93. The van der Waals surface area contributed by atoms with Crippen LogP contribution in [0.15, 0.2) is 18.2 Å². The number of nitrogens with zero attached hydrogens (tertiary/aromatic N) is 1. The summed E-state index contributed by atoms with van der Waals surface area (Å²) in [6.45, 7) is 11.2. The van der Waals surface area contributed by atoms with Crippen LogP contribution in [0.2, 0.25) is 0 Å². The Kier molecular flexibility index (Phi) is 3.83. The van der Waals surface area contributed by atoms with Gasteiger partial charge in [0.05, 0.1) is 0 Å². The molecule has 1 N–H and O–H groups in total. The lowest BCUT2D eigenvalue weighted by Gasteiger charge is -2.20. The molecule has 2 rings (SSSR count). The van der Waals surface area contributed by atoms with Crippen LogP contribution in [0.25, 0.3) is 0 Å². The number of hydrogen-bond donors (Lipinski definition) is 1. The Morgan fingerprint density at radius 1 is 1.42 bits per heavy atom. The van der Waals surface area contributed by atoms with Gasteiger partial charge in [-0.2, -0.15) is 0 Å². The van der Waals surface area contributed by atoms with E-state index in [0.29, 0.717) is 0 Å². The number of rotatable bonds is 3. The van der Waals surface area contributed by atoms with Gasteiger partial charge in [0.15, 0.2) is 0 Å². The first-order chi connectivity index (χ1) is 8.93. The lowest BCUT2D eigenvalue weighted by Crippen LogP contribution is -2.30. The zero-order valence-electron chi connectivity index (χ0n) is 12.4. The van der Waals surface area contributed by atoms with Crippen LogP contribution in [0, 0.1) is 12.3 Å².